The van der Waals surface area contributed by atoms with Gasteiger partial charge in [-0.2, -0.15) is 0 Å². The lowest BCUT2D eigenvalue weighted by atomic mass is 9.94. The Morgan fingerprint density at radius 1 is 0.338 bits per heavy atom. The second kappa shape index (κ2) is 52.9. The molecule has 80 heavy (non-hydrogen) atoms. The highest BCUT2D eigenvalue weighted by atomic mass is 16.7. The fourth-order valence-electron chi connectivity index (χ4n) is 11.5. The molecular formula is C70H128O10. The highest BCUT2D eigenvalue weighted by Gasteiger charge is 2.48. The third-order valence-electron chi connectivity index (χ3n) is 16.9. The van der Waals surface area contributed by atoms with E-state index < -0.39 is 66.2 Å². The zero-order chi connectivity index (χ0) is 58.7. The highest BCUT2D eigenvalue weighted by molar-refractivity contribution is 5.93. The summed E-state index contributed by atoms with van der Waals surface area (Å²) in [6.45, 7) is 17.1. The van der Waals surface area contributed by atoms with E-state index in [1.165, 1.54) is 44.9 Å². The number of carbonyl (C=O) groups is 5. The van der Waals surface area contributed by atoms with E-state index in [2.05, 4.69) is 55.4 Å². The van der Waals surface area contributed by atoms with Gasteiger partial charge < -0.3 is 23.7 Å². The Balaban J connectivity index is 4.00. The van der Waals surface area contributed by atoms with Crippen molar-refractivity contribution in [2.75, 3.05) is 6.61 Å². The van der Waals surface area contributed by atoms with Gasteiger partial charge in [0.1, 0.15) is 6.61 Å². The first-order chi connectivity index (χ1) is 39.1. The third-order valence-corrected chi connectivity index (χ3v) is 16.9. The Kier molecular flexibility index (Phi) is 49.6. The van der Waals surface area contributed by atoms with Crippen molar-refractivity contribution < 1.29 is 47.7 Å². The van der Waals surface area contributed by atoms with E-state index in [-0.39, 0.29) is 17.6 Å². The molecule has 0 saturated heterocycles. The molecule has 0 aromatic heterocycles. The minimum Gasteiger partial charge on any atom is -0.461 e. The molecule has 0 spiro atoms. The predicted molar refractivity (Wildman–Crippen MR) is 331 cm³/mol. The van der Waals surface area contributed by atoms with E-state index in [0.29, 0.717) is 51.4 Å². The SMILES string of the molecule is CCCCCCCCC(CCCCCC)C(=O)OC[C@@H](OC(=O)C(CCCCCC)CCCCCCCC)[C@H]1OC(=O)C(OC(=O)C(CCCCCC)CCCCCCCC)=C1OC(=O)C(CCCCCC)CCCCCCCC. The van der Waals surface area contributed by atoms with Gasteiger partial charge in [0.25, 0.3) is 5.76 Å². The summed E-state index contributed by atoms with van der Waals surface area (Å²) in [5.74, 6) is -5.15. The molecule has 0 saturated carbocycles. The summed E-state index contributed by atoms with van der Waals surface area (Å²) in [6, 6.07) is 0. The van der Waals surface area contributed by atoms with Gasteiger partial charge in [-0.1, -0.05) is 312 Å². The van der Waals surface area contributed by atoms with E-state index in [9.17, 15) is 24.0 Å². The molecule has 6 atom stereocenters. The summed E-state index contributed by atoms with van der Waals surface area (Å²) >= 11 is 0. The lowest BCUT2D eigenvalue weighted by molar-refractivity contribution is -0.177. The minimum atomic E-state index is -1.47. The van der Waals surface area contributed by atoms with Crippen LogP contribution in [0.1, 0.15) is 364 Å². The third kappa shape index (κ3) is 36.6. The van der Waals surface area contributed by atoms with Crippen LogP contribution in [0, 0.1) is 23.7 Å². The highest BCUT2D eigenvalue weighted by Crippen LogP contribution is 2.35. The van der Waals surface area contributed by atoms with Crippen molar-refractivity contribution in [2.24, 2.45) is 23.7 Å². The minimum absolute atomic E-state index is 0.244. The molecule has 0 radical (unpaired) electrons. The average molecular weight is 1130 g/mol. The van der Waals surface area contributed by atoms with Crippen molar-refractivity contribution in [1.29, 1.82) is 0 Å². The summed E-state index contributed by atoms with van der Waals surface area (Å²) in [6.07, 6.45) is 44.7. The molecule has 0 aromatic rings. The van der Waals surface area contributed by atoms with Gasteiger partial charge in [0.2, 0.25) is 11.9 Å². The summed E-state index contributed by atoms with van der Waals surface area (Å²) in [4.78, 5) is 73.2. The molecule has 0 bridgehead atoms. The summed E-state index contributed by atoms with van der Waals surface area (Å²) in [5, 5.41) is 0. The van der Waals surface area contributed by atoms with Crippen LogP contribution in [0.4, 0.5) is 0 Å². The van der Waals surface area contributed by atoms with Crippen molar-refractivity contribution in [1.82, 2.24) is 0 Å². The zero-order valence-electron chi connectivity index (χ0n) is 53.7. The molecule has 1 heterocycles. The van der Waals surface area contributed by atoms with Gasteiger partial charge in [-0.25, -0.2) is 4.79 Å². The van der Waals surface area contributed by atoms with Crippen LogP contribution in [0.3, 0.4) is 0 Å². The first-order valence-electron chi connectivity index (χ1n) is 34.8. The average Bonchev–Trinajstić information content (AvgIpc) is 3.75. The fourth-order valence-corrected chi connectivity index (χ4v) is 11.5. The number of carbonyl (C=O) groups excluding carboxylic acids is 5. The van der Waals surface area contributed by atoms with Crippen LogP contribution in [-0.2, 0) is 47.7 Å². The van der Waals surface area contributed by atoms with E-state index in [1.807, 2.05) is 0 Å². The fraction of sp³-hybridized carbons (Fsp3) is 0.900. The van der Waals surface area contributed by atoms with Crippen molar-refractivity contribution in [3.8, 4) is 0 Å². The molecule has 1 aliphatic heterocycles. The first kappa shape index (κ1) is 75.1. The Bertz CT molecular complexity index is 1560. The molecule has 0 aliphatic carbocycles. The smallest absolute Gasteiger partial charge is 0.379 e. The maximum Gasteiger partial charge on any atom is 0.379 e. The number of rotatable bonds is 58. The van der Waals surface area contributed by atoms with Crippen LogP contribution in [0.2, 0.25) is 0 Å². The second-order valence-electron chi connectivity index (χ2n) is 24.4. The van der Waals surface area contributed by atoms with E-state index >= 15 is 0 Å². The van der Waals surface area contributed by atoms with Crippen LogP contribution in [-0.4, -0.2) is 48.7 Å². The summed E-state index contributed by atoms with van der Waals surface area (Å²) in [7, 11) is 0. The van der Waals surface area contributed by atoms with Gasteiger partial charge >= 0.3 is 29.8 Å². The molecule has 10 heteroatoms. The van der Waals surface area contributed by atoms with Crippen molar-refractivity contribution in [3.63, 3.8) is 0 Å². The van der Waals surface area contributed by atoms with Crippen LogP contribution in [0.5, 0.6) is 0 Å². The molecule has 0 amide bonds. The van der Waals surface area contributed by atoms with Crippen LogP contribution in [0.15, 0.2) is 11.5 Å². The normalized spacial score (nSPS) is 15.3. The number of ether oxygens (including phenoxy) is 5. The molecule has 4 unspecified atom stereocenters. The van der Waals surface area contributed by atoms with Crippen molar-refractivity contribution in [3.05, 3.63) is 11.5 Å². The number of hydrogen-bond acceptors (Lipinski definition) is 10. The van der Waals surface area contributed by atoms with Crippen LogP contribution in [0.25, 0.3) is 0 Å². The molecule has 0 aromatic carbocycles. The Morgan fingerprint density at radius 3 is 0.900 bits per heavy atom. The van der Waals surface area contributed by atoms with Crippen LogP contribution >= 0.6 is 0 Å². The van der Waals surface area contributed by atoms with E-state index in [0.717, 1.165) is 212 Å². The van der Waals surface area contributed by atoms with Gasteiger partial charge in [0, 0.05) is 0 Å². The topological polar surface area (TPSA) is 132 Å². The molecule has 0 N–H and O–H groups in total. The monoisotopic (exact) mass is 1130 g/mol. The predicted octanol–water partition coefficient (Wildman–Crippen LogP) is 21.0. The van der Waals surface area contributed by atoms with Gasteiger partial charge in [-0.15, -0.1) is 0 Å². The molecule has 10 nitrogen and oxygen atoms in total. The van der Waals surface area contributed by atoms with E-state index in [1.54, 1.807) is 0 Å². The van der Waals surface area contributed by atoms with E-state index in [4.69, 9.17) is 23.7 Å². The van der Waals surface area contributed by atoms with Crippen molar-refractivity contribution >= 4 is 29.8 Å². The van der Waals surface area contributed by atoms with Gasteiger partial charge in [0.15, 0.2) is 6.10 Å². The molecule has 1 aliphatic rings. The lowest BCUT2D eigenvalue weighted by Gasteiger charge is -2.27. The van der Waals surface area contributed by atoms with Gasteiger partial charge in [-0.05, 0) is 51.4 Å². The summed E-state index contributed by atoms with van der Waals surface area (Å²) < 4.78 is 31.8. The number of esters is 5. The second-order valence-corrected chi connectivity index (χ2v) is 24.4. The number of unbranched alkanes of at least 4 members (excludes halogenated alkanes) is 32. The molecule has 1 rings (SSSR count). The Hall–Kier alpha value is -2.91. The van der Waals surface area contributed by atoms with Crippen LogP contribution < -0.4 is 0 Å². The maximum absolute atomic E-state index is 14.9. The molecular weight excluding hydrogens is 1000 g/mol. The number of hydrogen-bond donors (Lipinski definition) is 0. The Morgan fingerprint density at radius 2 is 0.588 bits per heavy atom. The largest absolute Gasteiger partial charge is 0.461 e. The standard InChI is InChI=1S/C70H128O10/c1-9-17-25-33-37-45-50-58(49-41-29-21-13-5)66(71)76-57-62(77-67(72)59(51-42-30-22-14-6)54-46-38-34-26-18-10-2)63-64(79-68(73)60(52-43-31-23-15-7)55-47-39-35-27-19-11-3)65(70(75)78-63)80-69(74)61(53-44-32-24-16-8)56-48-40-36-28-20-12-4/h58-63H,9-57H2,1-8H3/t58?,59?,60?,61?,62-,63-/m1/s1. The maximum atomic E-state index is 14.9. The zero-order valence-corrected chi connectivity index (χ0v) is 53.7. The lowest BCUT2D eigenvalue weighted by Crippen LogP contribution is -2.41. The van der Waals surface area contributed by atoms with Gasteiger partial charge in [-0.3, -0.25) is 19.2 Å². The molecule has 468 valence electrons. The molecule has 0 fully saturated rings. The van der Waals surface area contributed by atoms with Gasteiger partial charge in [0.05, 0.1) is 23.7 Å². The summed E-state index contributed by atoms with van der Waals surface area (Å²) in [5.41, 5.74) is 0. The van der Waals surface area contributed by atoms with Crippen molar-refractivity contribution in [2.45, 2.75) is 376 Å². The number of cyclic esters (lactones) is 1. The Labute approximate surface area is 493 Å². The first-order valence-corrected chi connectivity index (χ1v) is 34.8. The quantitative estimate of drug-likeness (QED) is 0.0329.